The van der Waals surface area contributed by atoms with E-state index in [1.54, 1.807) is 28.8 Å². The van der Waals surface area contributed by atoms with Crippen LogP contribution in [0.25, 0.3) is 0 Å². The monoisotopic (exact) mass is 435 g/mol. The maximum absolute atomic E-state index is 13.2. The summed E-state index contributed by atoms with van der Waals surface area (Å²) in [7, 11) is 1.99. The molecule has 4 rings (SSSR count). The van der Waals surface area contributed by atoms with Crippen molar-refractivity contribution < 1.29 is 4.79 Å². The largest absolute Gasteiger partial charge is 0.384 e. The highest BCUT2D eigenvalue weighted by molar-refractivity contribution is 8.19. The zero-order chi connectivity index (χ0) is 21.3. The molecule has 0 bridgehead atoms. The molecule has 152 valence electrons. The molecule has 0 unspecified atom stereocenters. The Balaban J connectivity index is 1.75. The Bertz CT molecular complexity index is 1120. The lowest BCUT2D eigenvalue weighted by atomic mass is 10.2. The lowest BCUT2D eigenvalue weighted by Gasteiger charge is -2.15. The number of para-hydroxylation sites is 1. The predicted octanol–water partition coefficient (Wildman–Crippen LogP) is 4.98. The van der Waals surface area contributed by atoms with Gasteiger partial charge in [0.15, 0.2) is 5.17 Å². The van der Waals surface area contributed by atoms with Gasteiger partial charge in [-0.15, -0.1) is 0 Å². The zero-order valence-electron chi connectivity index (χ0n) is 17.0. The van der Waals surface area contributed by atoms with E-state index in [-0.39, 0.29) is 5.91 Å². The third kappa shape index (κ3) is 3.55. The number of fused-ring (bicyclic) bond motifs is 1. The second kappa shape index (κ2) is 8.46. The minimum Gasteiger partial charge on any atom is -0.384 e. The lowest BCUT2D eigenvalue weighted by Crippen LogP contribution is -2.29. The standard InChI is InChI=1S/C22H21N5OS2/c1-4-24-15-11-10-14(13-23)12-16(15)25-22-27(5-2)20(28)19(30-22)21-26(3)17-8-6-7-9-18(17)29-21/h6-12,24H,4-5H2,1-3H3. The van der Waals surface area contributed by atoms with Gasteiger partial charge in [0, 0.05) is 25.0 Å². The van der Waals surface area contributed by atoms with Gasteiger partial charge in [-0.3, -0.25) is 9.69 Å². The first-order chi connectivity index (χ1) is 14.6. The number of likely N-dealkylation sites (N-methyl/N-ethyl adjacent to an activating group) is 1. The fourth-order valence-electron chi connectivity index (χ4n) is 3.33. The molecular weight excluding hydrogens is 414 g/mol. The van der Waals surface area contributed by atoms with Gasteiger partial charge in [-0.2, -0.15) is 5.26 Å². The summed E-state index contributed by atoms with van der Waals surface area (Å²) in [6.45, 7) is 5.22. The van der Waals surface area contributed by atoms with Crippen LogP contribution in [0.4, 0.5) is 17.1 Å². The van der Waals surface area contributed by atoms with Gasteiger partial charge in [-0.05, 0) is 55.9 Å². The van der Waals surface area contributed by atoms with Crippen molar-refractivity contribution >= 4 is 51.7 Å². The molecule has 0 aliphatic carbocycles. The molecule has 8 heteroatoms. The number of carbonyl (C=O) groups is 1. The van der Waals surface area contributed by atoms with Crippen LogP contribution in [0.1, 0.15) is 19.4 Å². The molecule has 0 radical (unpaired) electrons. The molecule has 0 aromatic heterocycles. The SMILES string of the molecule is CCNc1ccc(C#N)cc1N=C1SC(=C2Sc3ccccc3N2C)C(=O)N1CC. The van der Waals surface area contributed by atoms with E-state index >= 15 is 0 Å². The molecule has 1 fully saturated rings. The summed E-state index contributed by atoms with van der Waals surface area (Å²) < 4.78 is 0. The van der Waals surface area contributed by atoms with Crippen LogP contribution in [0, 0.1) is 11.3 Å². The van der Waals surface area contributed by atoms with Crippen LogP contribution in [0.3, 0.4) is 0 Å². The van der Waals surface area contributed by atoms with Gasteiger partial charge in [0.25, 0.3) is 5.91 Å². The molecule has 2 aliphatic rings. The summed E-state index contributed by atoms with van der Waals surface area (Å²) in [6.07, 6.45) is 0. The molecule has 30 heavy (non-hydrogen) atoms. The van der Waals surface area contributed by atoms with E-state index in [2.05, 4.69) is 28.4 Å². The van der Waals surface area contributed by atoms with Gasteiger partial charge in [-0.1, -0.05) is 23.9 Å². The van der Waals surface area contributed by atoms with Crippen molar-refractivity contribution in [3.05, 3.63) is 58.0 Å². The van der Waals surface area contributed by atoms with Crippen molar-refractivity contribution in [3.63, 3.8) is 0 Å². The van der Waals surface area contributed by atoms with Crippen molar-refractivity contribution in [2.24, 2.45) is 4.99 Å². The highest BCUT2D eigenvalue weighted by Crippen LogP contribution is 2.50. The van der Waals surface area contributed by atoms with Crippen molar-refractivity contribution in [1.82, 2.24) is 4.90 Å². The molecule has 0 atom stereocenters. The fraction of sp³-hybridized carbons (Fsp3) is 0.227. The zero-order valence-corrected chi connectivity index (χ0v) is 18.6. The maximum atomic E-state index is 13.2. The number of benzene rings is 2. The smallest absolute Gasteiger partial charge is 0.269 e. The molecule has 2 aromatic rings. The number of hydrogen-bond acceptors (Lipinski definition) is 7. The first-order valence-corrected chi connectivity index (χ1v) is 11.3. The van der Waals surface area contributed by atoms with Gasteiger partial charge in [-0.25, -0.2) is 4.99 Å². The summed E-state index contributed by atoms with van der Waals surface area (Å²) in [5.41, 5.74) is 3.14. The van der Waals surface area contributed by atoms with Crippen LogP contribution in [0.5, 0.6) is 0 Å². The molecule has 6 nitrogen and oxygen atoms in total. The maximum Gasteiger partial charge on any atom is 0.269 e. The number of rotatable bonds is 4. The summed E-state index contributed by atoms with van der Waals surface area (Å²) in [6, 6.07) is 15.7. The molecule has 0 spiro atoms. The quantitative estimate of drug-likeness (QED) is 0.683. The number of carbonyl (C=O) groups excluding carboxylic acids is 1. The van der Waals surface area contributed by atoms with Gasteiger partial charge in [0.2, 0.25) is 0 Å². The number of amidine groups is 1. The minimum absolute atomic E-state index is 0.0372. The van der Waals surface area contributed by atoms with Gasteiger partial charge >= 0.3 is 0 Å². The normalized spacial score (nSPS) is 19.4. The predicted molar refractivity (Wildman–Crippen MR) is 125 cm³/mol. The van der Waals surface area contributed by atoms with E-state index in [0.717, 1.165) is 27.8 Å². The summed E-state index contributed by atoms with van der Waals surface area (Å²) in [4.78, 5) is 23.6. The Morgan fingerprint density at radius 2 is 1.97 bits per heavy atom. The number of anilines is 2. The van der Waals surface area contributed by atoms with Crippen molar-refractivity contribution in [2.75, 3.05) is 30.4 Å². The number of amides is 1. The van der Waals surface area contributed by atoms with Crippen molar-refractivity contribution in [2.45, 2.75) is 18.7 Å². The second-order valence-corrected chi connectivity index (χ2v) is 8.69. The lowest BCUT2D eigenvalue weighted by molar-refractivity contribution is -0.122. The molecule has 1 N–H and O–H groups in total. The number of nitriles is 1. The number of nitrogens with one attached hydrogen (secondary N) is 1. The summed E-state index contributed by atoms with van der Waals surface area (Å²) in [5, 5.41) is 14.1. The molecule has 1 saturated heterocycles. The van der Waals surface area contributed by atoms with Crippen LogP contribution >= 0.6 is 23.5 Å². The number of aliphatic imine (C=N–C) groups is 1. The first-order valence-electron chi connectivity index (χ1n) is 9.68. The third-order valence-corrected chi connectivity index (χ3v) is 7.25. The number of nitrogens with zero attached hydrogens (tertiary/aromatic N) is 4. The fourth-order valence-corrected chi connectivity index (χ4v) is 5.73. The Hall–Kier alpha value is -2.89. The van der Waals surface area contributed by atoms with Crippen molar-refractivity contribution in [1.29, 1.82) is 5.26 Å². The van der Waals surface area contributed by atoms with Gasteiger partial charge in [0.05, 0.1) is 33.7 Å². The van der Waals surface area contributed by atoms with Crippen LogP contribution in [0.15, 0.2) is 62.3 Å². The Morgan fingerprint density at radius 3 is 2.67 bits per heavy atom. The molecule has 2 aliphatic heterocycles. The molecule has 0 saturated carbocycles. The topological polar surface area (TPSA) is 71.7 Å². The summed E-state index contributed by atoms with van der Waals surface area (Å²) in [5.74, 6) is -0.0372. The second-order valence-electron chi connectivity index (χ2n) is 6.68. The highest BCUT2D eigenvalue weighted by Gasteiger charge is 2.38. The molecule has 2 aromatic carbocycles. The van der Waals surface area contributed by atoms with E-state index in [4.69, 9.17) is 4.99 Å². The Labute approximate surface area is 184 Å². The number of thioether (sulfide) groups is 2. The molecule has 2 heterocycles. The van der Waals surface area contributed by atoms with Crippen LogP contribution in [-0.4, -0.2) is 36.1 Å². The molecular formula is C22H21N5OS2. The van der Waals surface area contributed by atoms with E-state index in [0.29, 0.717) is 27.9 Å². The highest BCUT2D eigenvalue weighted by atomic mass is 32.2. The number of hydrogen-bond donors (Lipinski definition) is 1. The molecule has 1 amide bonds. The third-order valence-electron chi connectivity index (χ3n) is 4.82. The van der Waals surface area contributed by atoms with Crippen LogP contribution < -0.4 is 10.2 Å². The van der Waals surface area contributed by atoms with Gasteiger partial charge in [0.1, 0.15) is 4.91 Å². The van der Waals surface area contributed by atoms with E-state index in [9.17, 15) is 10.1 Å². The average molecular weight is 436 g/mol. The van der Waals surface area contributed by atoms with E-state index < -0.39 is 0 Å². The van der Waals surface area contributed by atoms with E-state index in [1.807, 2.05) is 39.1 Å². The van der Waals surface area contributed by atoms with Gasteiger partial charge < -0.3 is 10.2 Å². The Kier molecular flexibility index (Phi) is 5.75. The average Bonchev–Trinajstić information content (AvgIpc) is 3.25. The first kappa shape index (κ1) is 20.4. The van der Waals surface area contributed by atoms with Crippen LogP contribution in [0.2, 0.25) is 0 Å². The Morgan fingerprint density at radius 1 is 1.17 bits per heavy atom. The minimum atomic E-state index is -0.0372. The van der Waals surface area contributed by atoms with Crippen LogP contribution in [-0.2, 0) is 4.79 Å². The van der Waals surface area contributed by atoms with E-state index in [1.165, 1.54) is 11.8 Å². The van der Waals surface area contributed by atoms with Crippen molar-refractivity contribution in [3.8, 4) is 6.07 Å². The summed E-state index contributed by atoms with van der Waals surface area (Å²) >= 11 is 3.00.